The summed E-state index contributed by atoms with van der Waals surface area (Å²) < 4.78 is 27.5. The topological polar surface area (TPSA) is 99.7 Å². The molecule has 32 heavy (non-hydrogen) atoms. The number of carbonyl (C=O) groups excluding carboxylic acids is 2. The molecule has 1 aromatic heterocycles. The van der Waals surface area contributed by atoms with Gasteiger partial charge < -0.3 is 10.2 Å². The van der Waals surface area contributed by atoms with Gasteiger partial charge >= 0.3 is 0 Å². The minimum Gasteiger partial charge on any atom is -0.356 e. The van der Waals surface area contributed by atoms with E-state index in [1.807, 2.05) is 31.2 Å². The maximum absolute atomic E-state index is 13.0. The molecule has 2 aromatic rings. The quantitative estimate of drug-likeness (QED) is 0.649. The van der Waals surface area contributed by atoms with Crippen molar-refractivity contribution in [2.24, 2.45) is 0 Å². The number of hydrogen-bond acceptors (Lipinski definition) is 5. The fourth-order valence-corrected chi connectivity index (χ4v) is 5.39. The van der Waals surface area contributed by atoms with Crippen molar-refractivity contribution in [3.05, 3.63) is 59.4 Å². The first-order valence-corrected chi connectivity index (χ1v) is 12.2. The van der Waals surface area contributed by atoms with E-state index in [-0.39, 0.29) is 37.7 Å². The monoisotopic (exact) mass is 458 g/mol. The van der Waals surface area contributed by atoms with E-state index in [1.54, 1.807) is 30.3 Å². The number of aryl methyl sites for hydroxylation is 2. The summed E-state index contributed by atoms with van der Waals surface area (Å²) in [5.41, 5.74) is 2.64. The molecule has 0 saturated carbocycles. The van der Waals surface area contributed by atoms with Gasteiger partial charge in [0.1, 0.15) is 0 Å². The van der Waals surface area contributed by atoms with Gasteiger partial charge in [0.15, 0.2) is 0 Å². The van der Waals surface area contributed by atoms with E-state index in [0.717, 1.165) is 11.1 Å². The van der Waals surface area contributed by atoms with Crippen LogP contribution in [0, 0.1) is 13.8 Å². The number of pyridine rings is 1. The molecule has 2 heterocycles. The fourth-order valence-electron chi connectivity index (χ4n) is 3.66. The van der Waals surface area contributed by atoms with Crippen molar-refractivity contribution in [3.63, 3.8) is 0 Å². The Morgan fingerprint density at radius 2 is 1.81 bits per heavy atom. The van der Waals surface area contributed by atoms with Crippen molar-refractivity contribution in [2.75, 3.05) is 32.7 Å². The second kappa shape index (κ2) is 10.7. The molecule has 9 heteroatoms. The van der Waals surface area contributed by atoms with Crippen molar-refractivity contribution in [2.45, 2.75) is 38.0 Å². The smallest absolute Gasteiger partial charge is 0.243 e. The molecule has 1 aliphatic rings. The lowest BCUT2D eigenvalue weighted by Gasteiger charge is -2.34. The van der Waals surface area contributed by atoms with Gasteiger partial charge in [0.25, 0.3) is 0 Å². The first-order valence-electron chi connectivity index (χ1n) is 10.8. The van der Waals surface area contributed by atoms with Crippen LogP contribution in [0.4, 0.5) is 0 Å². The predicted molar refractivity (Wildman–Crippen MR) is 121 cm³/mol. The zero-order valence-corrected chi connectivity index (χ0v) is 19.4. The molecule has 1 fully saturated rings. The van der Waals surface area contributed by atoms with E-state index in [2.05, 4.69) is 10.3 Å². The number of carbonyl (C=O) groups is 2. The van der Waals surface area contributed by atoms with Gasteiger partial charge in [0, 0.05) is 58.0 Å². The summed E-state index contributed by atoms with van der Waals surface area (Å²) in [7, 11) is -3.60. The molecular formula is C23H30N4O4S. The van der Waals surface area contributed by atoms with Crippen LogP contribution in [0.3, 0.4) is 0 Å². The van der Waals surface area contributed by atoms with Crippen LogP contribution < -0.4 is 5.32 Å². The molecule has 0 aliphatic carbocycles. The average molecular weight is 459 g/mol. The third-order valence-electron chi connectivity index (χ3n) is 5.58. The molecule has 0 bridgehead atoms. The highest BCUT2D eigenvalue weighted by atomic mass is 32.2. The number of sulfonamides is 1. The second-order valence-corrected chi connectivity index (χ2v) is 9.92. The number of aromatic nitrogens is 1. The molecule has 0 atom stereocenters. The van der Waals surface area contributed by atoms with Gasteiger partial charge in [-0.25, -0.2) is 8.42 Å². The van der Waals surface area contributed by atoms with Gasteiger partial charge in [-0.3, -0.25) is 14.6 Å². The Labute approximate surface area is 189 Å². The number of piperazine rings is 1. The lowest BCUT2D eigenvalue weighted by Crippen LogP contribution is -2.50. The molecule has 8 nitrogen and oxygen atoms in total. The number of rotatable bonds is 8. The van der Waals surface area contributed by atoms with Crippen LogP contribution in [0.2, 0.25) is 0 Å². The fraction of sp³-hybridized carbons (Fsp3) is 0.435. The van der Waals surface area contributed by atoms with Gasteiger partial charge in [-0.15, -0.1) is 0 Å². The Morgan fingerprint density at radius 1 is 1.06 bits per heavy atom. The van der Waals surface area contributed by atoms with E-state index < -0.39 is 10.0 Å². The number of amides is 2. The number of nitrogens with zero attached hydrogens (tertiary/aromatic N) is 3. The van der Waals surface area contributed by atoms with Crippen molar-refractivity contribution < 1.29 is 18.0 Å². The summed E-state index contributed by atoms with van der Waals surface area (Å²) in [6, 6.07) is 9.19. The molecule has 172 valence electrons. The summed E-state index contributed by atoms with van der Waals surface area (Å²) in [5, 5.41) is 2.82. The lowest BCUT2D eigenvalue weighted by atomic mass is 10.2. The van der Waals surface area contributed by atoms with Crippen LogP contribution in [0.1, 0.15) is 29.5 Å². The molecule has 0 spiro atoms. The Hall–Kier alpha value is -2.78. The van der Waals surface area contributed by atoms with E-state index in [9.17, 15) is 18.0 Å². The van der Waals surface area contributed by atoms with Gasteiger partial charge in [0.2, 0.25) is 21.8 Å². The first-order chi connectivity index (χ1) is 15.3. The van der Waals surface area contributed by atoms with E-state index in [4.69, 9.17) is 0 Å². The summed E-state index contributed by atoms with van der Waals surface area (Å²) >= 11 is 0. The summed E-state index contributed by atoms with van der Waals surface area (Å²) in [4.78, 5) is 30.5. The number of hydrogen-bond donors (Lipinski definition) is 1. The Balaban J connectivity index is 1.43. The highest BCUT2D eigenvalue weighted by molar-refractivity contribution is 7.89. The molecule has 2 amide bonds. The Kier molecular flexibility index (Phi) is 7.98. The molecule has 0 unspecified atom stereocenters. The molecule has 3 rings (SSSR count). The zero-order valence-electron chi connectivity index (χ0n) is 18.6. The van der Waals surface area contributed by atoms with E-state index in [0.29, 0.717) is 36.5 Å². The molecule has 1 N–H and O–H groups in total. The van der Waals surface area contributed by atoms with Crippen molar-refractivity contribution in [3.8, 4) is 0 Å². The van der Waals surface area contributed by atoms with Crippen molar-refractivity contribution in [1.82, 2.24) is 19.5 Å². The summed E-state index contributed by atoms with van der Waals surface area (Å²) in [6.45, 7) is 5.29. The predicted octanol–water partition coefficient (Wildman–Crippen LogP) is 1.67. The average Bonchev–Trinajstić information content (AvgIpc) is 2.79. The standard InChI is InChI=1S/C23H30N4O4S/c1-18-5-6-19(2)21(16-18)32(30,31)27-14-12-26(13-15-27)23(29)8-7-22(28)25-11-9-20-4-3-10-24-17-20/h3-6,10,16-17H,7-9,11-15H2,1-2H3,(H,25,28). The van der Waals surface area contributed by atoms with Crippen LogP contribution in [0.5, 0.6) is 0 Å². The first kappa shape index (κ1) is 23.9. The van der Waals surface area contributed by atoms with E-state index in [1.165, 1.54) is 4.31 Å². The van der Waals surface area contributed by atoms with Gasteiger partial charge in [-0.1, -0.05) is 18.2 Å². The van der Waals surface area contributed by atoms with Gasteiger partial charge in [-0.2, -0.15) is 4.31 Å². The zero-order chi connectivity index (χ0) is 23.1. The van der Waals surface area contributed by atoms with Crippen LogP contribution in [0.25, 0.3) is 0 Å². The normalized spacial score (nSPS) is 14.9. The second-order valence-electron chi connectivity index (χ2n) is 8.02. The molecule has 1 aromatic carbocycles. The highest BCUT2D eigenvalue weighted by Crippen LogP contribution is 2.22. The minimum atomic E-state index is -3.60. The largest absolute Gasteiger partial charge is 0.356 e. The van der Waals surface area contributed by atoms with Gasteiger partial charge in [0.05, 0.1) is 4.90 Å². The summed E-state index contributed by atoms with van der Waals surface area (Å²) in [5.74, 6) is -0.297. The maximum atomic E-state index is 13.0. The van der Waals surface area contributed by atoms with Gasteiger partial charge in [-0.05, 0) is 49.1 Å². The summed E-state index contributed by atoms with van der Waals surface area (Å²) in [6.07, 6.45) is 4.38. The minimum absolute atomic E-state index is 0.114. The lowest BCUT2D eigenvalue weighted by molar-refractivity contribution is -0.134. The van der Waals surface area contributed by atoms with Crippen LogP contribution in [0.15, 0.2) is 47.6 Å². The third-order valence-corrected chi connectivity index (χ3v) is 7.62. The molecule has 1 aliphatic heterocycles. The maximum Gasteiger partial charge on any atom is 0.243 e. The van der Waals surface area contributed by atoms with Crippen molar-refractivity contribution >= 4 is 21.8 Å². The third kappa shape index (κ3) is 6.14. The van der Waals surface area contributed by atoms with Crippen LogP contribution >= 0.6 is 0 Å². The Morgan fingerprint density at radius 3 is 2.50 bits per heavy atom. The number of benzene rings is 1. The SMILES string of the molecule is Cc1ccc(C)c(S(=O)(=O)N2CCN(C(=O)CCC(=O)NCCc3cccnc3)CC2)c1. The highest BCUT2D eigenvalue weighted by Gasteiger charge is 2.31. The van der Waals surface area contributed by atoms with Crippen LogP contribution in [-0.2, 0) is 26.0 Å². The molecule has 0 radical (unpaired) electrons. The Bertz CT molecular complexity index is 1050. The van der Waals surface area contributed by atoms with Crippen molar-refractivity contribution in [1.29, 1.82) is 0 Å². The molecular weight excluding hydrogens is 428 g/mol. The number of nitrogens with one attached hydrogen (secondary N) is 1. The van der Waals surface area contributed by atoms with E-state index >= 15 is 0 Å². The molecule has 1 saturated heterocycles. The van der Waals surface area contributed by atoms with Crippen LogP contribution in [-0.4, -0.2) is 67.1 Å².